The van der Waals surface area contributed by atoms with Gasteiger partial charge in [-0.15, -0.1) is 11.8 Å². The van der Waals surface area contributed by atoms with E-state index in [2.05, 4.69) is 0 Å². The molecular formula is C22H34N2O4S. The standard InChI is InChI=1S/C22H34N2O4S/c1-7-19-21(26)24(12-8-11-23(4)20(25)13-15(2)3)22(29-19)17-14-16(27-5)9-10-18(17)28-6/h9-10,14-15,19,22H,7-8,11-13H2,1-6H3/t19-,22-/m0/s1. The first-order chi connectivity index (χ1) is 13.8. The molecule has 0 radical (unpaired) electrons. The topological polar surface area (TPSA) is 59.1 Å². The van der Waals surface area contributed by atoms with Gasteiger partial charge in [-0.3, -0.25) is 9.59 Å². The van der Waals surface area contributed by atoms with Crippen molar-refractivity contribution in [3.8, 4) is 11.5 Å². The summed E-state index contributed by atoms with van der Waals surface area (Å²) in [7, 11) is 5.11. The molecule has 0 N–H and O–H groups in total. The number of nitrogens with zero attached hydrogens (tertiary/aromatic N) is 2. The van der Waals surface area contributed by atoms with Gasteiger partial charge in [-0.05, 0) is 37.0 Å². The third-order valence-corrected chi connectivity index (χ3v) is 6.74. The number of amides is 2. The molecule has 2 amide bonds. The predicted molar refractivity (Wildman–Crippen MR) is 117 cm³/mol. The summed E-state index contributed by atoms with van der Waals surface area (Å²) in [6.07, 6.45) is 2.08. The molecule has 0 bridgehead atoms. The highest BCUT2D eigenvalue weighted by molar-refractivity contribution is 8.01. The second kappa shape index (κ2) is 10.8. The van der Waals surface area contributed by atoms with Crippen molar-refractivity contribution in [2.45, 2.75) is 50.7 Å². The fourth-order valence-electron chi connectivity index (χ4n) is 3.47. The van der Waals surface area contributed by atoms with Crippen molar-refractivity contribution in [3.63, 3.8) is 0 Å². The first kappa shape index (κ1) is 23.4. The van der Waals surface area contributed by atoms with Crippen molar-refractivity contribution in [1.82, 2.24) is 9.80 Å². The second-order valence-corrected chi connectivity index (χ2v) is 9.08. The van der Waals surface area contributed by atoms with Gasteiger partial charge in [-0.1, -0.05) is 20.8 Å². The third kappa shape index (κ3) is 5.81. The van der Waals surface area contributed by atoms with Crippen LogP contribution in [0.25, 0.3) is 0 Å². The maximum absolute atomic E-state index is 13.0. The molecule has 0 saturated carbocycles. The van der Waals surface area contributed by atoms with Crippen molar-refractivity contribution >= 4 is 23.6 Å². The fraction of sp³-hybridized carbons (Fsp3) is 0.636. The zero-order valence-electron chi connectivity index (χ0n) is 18.4. The summed E-state index contributed by atoms with van der Waals surface area (Å²) < 4.78 is 10.9. The Kier molecular flexibility index (Phi) is 8.68. The third-order valence-electron chi connectivity index (χ3n) is 5.11. The summed E-state index contributed by atoms with van der Waals surface area (Å²) in [5.41, 5.74) is 0.949. The van der Waals surface area contributed by atoms with Crippen LogP contribution in [0.5, 0.6) is 11.5 Å². The molecule has 1 saturated heterocycles. The number of ether oxygens (including phenoxy) is 2. The minimum atomic E-state index is -0.117. The van der Waals surface area contributed by atoms with Crippen LogP contribution in [0.1, 0.15) is 51.0 Å². The van der Waals surface area contributed by atoms with E-state index in [0.717, 1.165) is 29.9 Å². The average molecular weight is 423 g/mol. The number of thioether (sulfide) groups is 1. The van der Waals surface area contributed by atoms with Gasteiger partial charge in [0, 0.05) is 32.1 Å². The zero-order valence-corrected chi connectivity index (χ0v) is 19.3. The highest BCUT2D eigenvalue weighted by Crippen LogP contribution is 2.47. The number of carbonyl (C=O) groups is 2. The smallest absolute Gasteiger partial charge is 0.236 e. The largest absolute Gasteiger partial charge is 0.497 e. The molecule has 1 aromatic carbocycles. The summed E-state index contributed by atoms with van der Waals surface area (Å²) in [6, 6.07) is 5.70. The molecule has 0 unspecified atom stereocenters. The van der Waals surface area contributed by atoms with Gasteiger partial charge in [0.25, 0.3) is 0 Å². The Hall–Kier alpha value is -1.89. The molecule has 6 nitrogen and oxygen atoms in total. The highest BCUT2D eigenvalue weighted by Gasteiger charge is 2.41. The molecule has 2 rings (SSSR count). The van der Waals surface area contributed by atoms with E-state index in [-0.39, 0.29) is 22.4 Å². The first-order valence-electron chi connectivity index (χ1n) is 10.2. The molecule has 1 fully saturated rings. The number of methoxy groups -OCH3 is 2. The number of rotatable bonds is 10. The van der Waals surface area contributed by atoms with Gasteiger partial charge in [0.2, 0.25) is 11.8 Å². The lowest BCUT2D eigenvalue weighted by molar-refractivity contribution is -0.131. The van der Waals surface area contributed by atoms with Crippen LogP contribution in [0, 0.1) is 5.92 Å². The van der Waals surface area contributed by atoms with Crippen molar-refractivity contribution in [3.05, 3.63) is 23.8 Å². The average Bonchev–Trinajstić information content (AvgIpc) is 3.02. The van der Waals surface area contributed by atoms with Gasteiger partial charge in [0.1, 0.15) is 16.9 Å². The Bertz CT molecular complexity index is 710. The minimum Gasteiger partial charge on any atom is -0.497 e. The quantitative estimate of drug-likeness (QED) is 0.571. The molecule has 0 aliphatic carbocycles. The van der Waals surface area contributed by atoms with E-state index in [9.17, 15) is 9.59 Å². The number of hydrogen-bond donors (Lipinski definition) is 0. The highest BCUT2D eigenvalue weighted by atomic mass is 32.2. The summed E-state index contributed by atoms with van der Waals surface area (Å²) >= 11 is 1.66. The van der Waals surface area contributed by atoms with E-state index >= 15 is 0 Å². The van der Waals surface area contributed by atoms with Crippen LogP contribution in [0.4, 0.5) is 0 Å². The van der Waals surface area contributed by atoms with Crippen LogP contribution >= 0.6 is 11.8 Å². The number of benzene rings is 1. The van der Waals surface area contributed by atoms with E-state index in [1.807, 2.05) is 50.9 Å². The van der Waals surface area contributed by atoms with E-state index < -0.39 is 0 Å². The molecule has 29 heavy (non-hydrogen) atoms. The fourth-order valence-corrected chi connectivity index (χ4v) is 4.91. The molecule has 162 valence electrons. The Morgan fingerprint density at radius 3 is 2.59 bits per heavy atom. The lowest BCUT2D eigenvalue weighted by Crippen LogP contribution is -2.35. The Morgan fingerprint density at radius 2 is 2.00 bits per heavy atom. The second-order valence-electron chi connectivity index (χ2n) is 7.79. The molecule has 2 atom stereocenters. The van der Waals surface area contributed by atoms with Crippen LogP contribution in [-0.4, -0.2) is 61.2 Å². The summed E-state index contributed by atoms with van der Waals surface area (Å²) in [5.74, 6) is 2.15. The van der Waals surface area contributed by atoms with Crippen LogP contribution in [0.15, 0.2) is 18.2 Å². The van der Waals surface area contributed by atoms with Crippen molar-refractivity contribution < 1.29 is 19.1 Å². The molecule has 1 aromatic rings. The van der Waals surface area contributed by atoms with Crippen molar-refractivity contribution in [2.75, 3.05) is 34.4 Å². The van der Waals surface area contributed by atoms with Gasteiger partial charge in [0.05, 0.1) is 19.5 Å². The Labute approximate surface area is 178 Å². The maximum atomic E-state index is 13.0. The lowest BCUT2D eigenvalue weighted by Gasteiger charge is -2.27. The molecule has 1 aliphatic rings. The Morgan fingerprint density at radius 1 is 1.28 bits per heavy atom. The lowest BCUT2D eigenvalue weighted by atomic mass is 10.1. The zero-order chi connectivity index (χ0) is 21.6. The van der Waals surface area contributed by atoms with E-state index in [4.69, 9.17) is 9.47 Å². The van der Waals surface area contributed by atoms with Gasteiger partial charge in [0.15, 0.2) is 0 Å². The molecular weight excluding hydrogens is 388 g/mol. The van der Waals surface area contributed by atoms with Crippen molar-refractivity contribution in [2.24, 2.45) is 5.92 Å². The van der Waals surface area contributed by atoms with Gasteiger partial charge in [-0.2, -0.15) is 0 Å². The molecule has 1 aliphatic heterocycles. The van der Waals surface area contributed by atoms with Gasteiger partial charge in [-0.25, -0.2) is 0 Å². The van der Waals surface area contributed by atoms with Crippen LogP contribution in [0.2, 0.25) is 0 Å². The van der Waals surface area contributed by atoms with E-state index in [0.29, 0.717) is 25.4 Å². The van der Waals surface area contributed by atoms with Gasteiger partial charge >= 0.3 is 0 Å². The summed E-state index contributed by atoms with van der Waals surface area (Å²) in [5, 5.41) is -0.176. The van der Waals surface area contributed by atoms with E-state index in [1.54, 1.807) is 30.9 Å². The summed E-state index contributed by atoms with van der Waals surface area (Å²) in [6.45, 7) is 7.37. The first-order valence-corrected chi connectivity index (χ1v) is 11.2. The summed E-state index contributed by atoms with van der Waals surface area (Å²) in [4.78, 5) is 28.9. The maximum Gasteiger partial charge on any atom is 0.236 e. The molecule has 0 aromatic heterocycles. The van der Waals surface area contributed by atoms with Gasteiger partial charge < -0.3 is 19.3 Å². The van der Waals surface area contributed by atoms with Crippen LogP contribution < -0.4 is 9.47 Å². The predicted octanol–water partition coefficient (Wildman–Crippen LogP) is 3.95. The SMILES string of the molecule is CC[C@@H]1S[C@@H](c2cc(OC)ccc2OC)N(CCCN(C)C(=O)CC(C)C)C1=O. The Balaban J connectivity index is 2.14. The molecule has 7 heteroatoms. The number of hydrogen-bond acceptors (Lipinski definition) is 5. The molecule has 1 heterocycles. The normalized spacial score (nSPS) is 19.0. The van der Waals surface area contributed by atoms with Crippen molar-refractivity contribution in [1.29, 1.82) is 0 Å². The monoisotopic (exact) mass is 422 g/mol. The van der Waals surface area contributed by atoms with Crippen LogP contribution in [-0.2, 0) is 9.59 Å². The molecule has 0 spiro atoms. The van der Waals surface area contributed by atoms with E-state index in [1.165, 1.54) is 0 Å². The van der Waals surface area contributed by atoms with Crippen LogP contribution in [0.3, 0.4) is 0 Å². The minimum absolute atomic E-state index is 0.0591. The number of carbonyl (C=O) groups excluding carboxylic acids is 2.